The minimum absolute atomic E-state index is 0.0919. The number of hydrogen-bond donors (Lipinski definition) is 1. The maximum absolute atomic E-state index is 13.7. The quantitative estimate of drug-likeness (QED) is 0.289. The third-order valence-corrected chi connectivity index (χ3v) is 7.49. The number of aromatic nitrogens is 6. The second-order valence-electron chi connectivity index (χ2n) is 7.92. The van der Waals surface area contributed by atoms with Gasteiger partial charge in [0.2, 0.25) is 16.0 Å². The zero-order valence-corrected chi connectivity index (χ0v) is 22.6. The molecule has 0 aliphatic rings. The molecule has 3 heterocycles. The van der Waals surface area contributed by atoms with Gasteiger partial charge in [0, 0.05) is 37.0 Å². The average molecular weight is 560 g/mol. The van der Waals surface area contributed by atoms with Crippen LogP contribution in [0.2, 0.25) is 5.02 Å². The summed E-state index contributed by atoms with van der Waals surface area (Å²) in [6.07, 6.45) is 4.99. The summed E-state index contributed by atoms with van der Waals surface area (Å²) in [6, 6.07) is 8.70. The average Bonchev–Trinajstić information content (AvgIpc) is 3.34. The van der Waals surface area contributed by atoms with Gasteiger partial charge in [0.05, 0.1) is 19.2 Å². The Hall–Kier alpha value is -3.81. The smallest absolute Gasteiger partial charge is 0.243 e. The third-order valence-electron chi connectivity index (χ3n) is 5.60. The zero-order chi connectivity index (χ0) is 27.3. The molecule has 0 spiro atoms. The van der Waals surface area contributed by atoms with E-state index in [2.05, 4.69) is 29.9 Å². The van der Waals surface area contributed by atoms with Gasteiger partial charge in [0.15, 0.2) is 11.6 Å². The van der Waals surface area contributed by atoms with E-state index in [1.807, 2.05) is 0 Å². The zero-order valence-electron chi connectivity index (χ0n) is 21.1. The first kappa shape index (κ1) is 27.2. The van der Waals surface area contributed by atoms with Crippen molar-refractivity contribution in [3.8, 4) is 28.6 Å². The Morgan fingerprint density at radius 3 is 2.29 bits per heavy atom. The molecule has 3 aromatic heterocycles. The molecular formula is C24H26ClN7O5S. The highest BCUT2D eigenvalue weighted by Gasteiger charge is 2.35. The number of rotatable bonds is 11. The Bertz CT molecular complexity index is 1460. The molecule has 1 N–H and O–H groups in total. The van der Waals surface area contributed by atoms with Gasteiger partial charge in [-0.15, -0.1) is 10.2 Å². The van der Waals surface area contributed by atoms with E-state index in [0.717, 1.165) is 0 Å². The monoisotopic (exact) mass is 559 g/mol. The molecule has 0 saturated heterocycles. The lowest BCUT2D eigenvalue weighted by molar-refractivity contribution is 0.0558. The van der Waals surface area contributed by atoms with Crippen LogP contribution in [0, 0.1) is 0 Å². The summed E-state index contributed by atoms with van der Waals surface area (Å²) >= 11 is 5.91. The summed E-state index contributed by atoms with van der Waals surface area (Å²) < 4.78 is 48.3. The molecule has 38 heavy (non-hydrogen) atoms. The molecule has 0 radical (unpaired) electrons. The number of benzene rings is 1. The van der Waals surface area contributed by atoms with Gasteiger partial charge in [-0.25, -0.2) is 18.4 Å². The first-order valence-electron chi connectivity index (χ1n) is 11.5. The fourth-order valence-electron chi connectivity index (χ4n) is 3.75. The van der Waals surface area contributed by atoms with Gasteiger partial charge < -0.3 is 14.2 Å². The predicted molar refractivity (Wildman–Crippen MR) is 141 cm³/mol. The molecule has 0 bridgehead atoms. The van der Waals surface area contributed by atoms with E-state index in [9.17, 15) is 8.42 Å². The lowest BCUT2D eigenvalue weighted by atomic mass is 10.2. The molecule has 4 aromatic rings. The van der Waals surface area contributed by atoms with Crippen molar-refractivity contribution < 1.29 is 22.6 Å². The number of sulfonamides is 1. The number of methoxy groups -OCH3 is 2. The SMILES string of the molecule is CCO[C@@H](c1ncc(Cl)cn1)[C@H](C)S(=O)(=O)Nc1nnc(-c2cccnc2)n1-c1c(OC)cccc1OC. The van der Waals surface area contributed by atoms with Crippen LogP contribution in [-0.2, 0) is 14.8 Å². The maximum atomic E-state index is 13.7. The third kappa shape index (κ3) is 5.54. The number of nitrogens with one attached hydrogen (secondary N) is 1. The Morgan fingerprint density at radius 2 is 1.71 bits per heavy atom. The van der Waals surface area contributed by atoms with Gasteiger partial charge in [-0.05, 0) is 38.1 Å². The number of pyridine rings is 1. The molecule has 4 rings (SSSR count). The summed E-state index contributed by atoms with van der Waals surface area (Å²) in [6.45, 7) is 3.48. The van der Waals surface area contributed by atoms with Crippen LogP contribution in [0.25, 0.3) is 17.1 Å². The van der Waals surface area contributed by atoms with Crippen molar-refractivity contribution in [3.05, 3.63) is 66.0 Å². The first-order valence-corrected chi connectivity index (χ1v) is 13.4. The van der Waals surface area contributed by atoms with Crippen molar-refractivity contribution in [2.45, 2.75) is 25.2 Å². The fourth-order valence-corrected chi connectivity index (χ4v) is 4.94. The standard InChI is InChI=1S/C24H26ClN7O5S/c1-5-37-21(22-27-13-17(25)14-28-22)15(2)38(33,34)31-24-30-29-23(16-8-7-11-26-12-16)32(24)20-18(35-3)9-6-10-19(20)36-4/h6-15,21H,5H2,1-4H3,(H,30,31)/t15-,21+/m0/s1. The van der Waals surface area contributed by atoms with Crippen molar-refractivity contribution in [2.75, 3.05) is 25.5 Å². The van der Waals surface area contributed by atoms with Crippen LogP contribution in [0.1, 0.15) is 25.8 Å². The minimum Gasteiger partial charge on any atom is -0.494 e. The van der Waals surface area contributed by atoms with Crippen LogP contribution < -0.4 is 14.2 Å². The lowest BCUT2D eigenvalue weighted by Gasteiger charge is -2.23. The Labute approximate surface area is 225 Å². The number of hydrogen-bond acceptors (Lipinski definition) is 10. The van der Waals surface area contributed by atoms with E-state index < -0.39 is 21.4 Å². The normalized spacial score (nSPS) is 13.1. The molecule has 0 saturated carbocycles. The molecule has 0 fully saturated rings. The molecule has 0 aliphatic heterocycles. The highest BCUT2D eigenvalue weighted by Crippen LogP contribution is 2.38. The molecule has 12 nitrogen and oxygen atoms in total. The molecule has 14 heteroatoms. The minimum atomic E-state index is -4.14. The summed E-state index contributed by atoms with van der Waals surface area (Å²) in [7, 11) is -1.15. The van der Waals surface area contributed by atoms with Gasteiger partial charge in [0.1, 0.15) is 28.5 Å². The summed E-state index contributed by atoms with van der Waals surface area (Å²) in [4.78, 5) is 12.5. The Balaban J connectivity index is 1.83. The van der Waals surface area contributed by atoms with Crippen LogP contribution in [-0.4, -0.2) is 64.2 Å². The molecule has 2 atom stereocenters. The molecule has 1 aromatic carbocycles. The molecule has 0 amide bonds. The van der Waals surface area contributed by atoms with E-state index in [4.69, 9.17) is 25.8 Å². The highest BCUT2D eigenvalue weighted by molar-refractivity contribution is 7.93. The summed E-state index contributed by atoms with van der Waals surface area (Å²) in [5.74, 6) is 1.21. The number of halogens is 1. The second-order valence-corrected chi connectivity index (χ2v) is 10.4. The van der Waals surface area contributed by atoms with Crippen LogP contribution in [0.3, 0.4) is 0 Å². The van der Waals surface area contributed by atoms with Crippen LogP contribution in [0.5, 0.6) is 11.5 Å². The summed E-state index contributed by atoms with van der Waals surface area (Å²) in [5, 5.41) is 7.63. The van der Waals surface area contributed by atoms with Crippen LogP contribution in [0.15, 0.2) is 55.1 Å². The van der Waals surface area contributed by atoms with Gasteiger partial charge in [0.25, 0.3) is 0 Å². The molecule has 200 valence electrons. The number of anilines is 1. The first-order chi connectivity index (χ1) is 18.3. The van der Waals surface area contributed by atoms with Crippen LogP contribution >= 0.6 is 11.6 Å². The van der Waals surface area contributed by atoms with E-state index in [1.165, 1.54) is 38.1 Å². The van der Waals surface area contributed by atoms with Crippen molar-refractivity contribution in [1.82, 2.24) is 29.7 Å². The van der Waals surface area contributed by atoms with Gasteiger partial charge in [-0.2, -0.15) is 0 Å². The number of nitrogens with zero attached hydrogens (tertiary/aromatic N) is 6. The lowest BCUT2D eigenvalue weighted by Crippen LogP contribution is -2.34. The molecule has 0 aliphatic carbocycles. The van der Waals surface area contributed by atoms with Gasteiger partial charge in [-0.1, -0.05) is 17.7 Å². The topological polar surface area (TPSA) is 143 Å². The van der Waals surface area contributed by atoms with Crippen molar-refractivity contribution in [2.24, 2.45) is 0 Å². The van der Waals surface area contributed by atoms with E-state index in [0.29, 0.717) is 33.6 Å². The fraction of sp³-hybridized carbons (Fsp3) is 0.292. The molecular weight excluding hydrogens is 534 g/mol. The van der Waals surface area contributed by atoms with Crippen molar-refractivity contribution in [3.63, 3.8) is 0 Å². The Kier molecular flexibility index (Phi) is 8.39. The van der Waals surface area contributed by atoms with Crippen molar-refractivity contribution in [1.29, 1.82) is 0 Å². The Morgan fingerprint density at radius 1 is 1.03 bits per heavy atom. The van der Waals surface area contributed by atoms with Crippen molar-refractivity contribution >= 4 is 27.6 Å². The molecule has 0 unspecified atom stereocenters. The highest BCUT2D eigenvalue weighted by atomic mass is 35.5. The number of ether oxygens (including phenoxy) is 3. The van der Waals surface area contributed by atoms with Gasteiger partial charge in [-0.3, -0.25) is 14.3 Å². The predicted octanol–water partition coefficient (Wildman–Crippen LogP) is 3.70. The van der Waals surface area contributed by atoms with E-state index >= 15 is 0 Å². The maximum Gasteiger partial charge on any atom is 0.243 e. The number of para-hydroxylation sites is 1. The largest absolute Gasteiger partial charge is 0.494 e. The second kappa shape index (κ2) is 11.7. The van der Waals surface area contributed by atoms with Crippen LogP contribution in [0.4, 0.5) is 5.95 Å². The van der Waals surface area contributed by atoms with Gasteiger partial charge >= 0.3 is 0 Å². The summed E-state index contributed by atoms with van der Waals surface area (Å²) in [5.41, 5.74) is 0.988. The van der Waals surface area contributed by atoms with E-state index in [-0.39, 0.29) is 18.4 Å². The van der Waals surface area contributed by atoms with E-state index in [1.54, 1.807) is 49.6 Å².